The highest BCUT2D eigenvalue weighted by Gasteiger charge is 2.29. The van der Waals surface area contributed by atoms with E-state index in [1.807, 2.05) is 6.92 Å². The predicted molar refractivity (Wildman–Crippen MR) is 103 cm³/mol. The van der Waals surface area contributed by atoms with Crippen molar-refractivity contribution in [2.24, 2.45) is 5.92 Å². The van der Waals surface area contributed by atoms with E-state index in [9.17, 15) is 9.59 Å². The molecule has 5 nitrogen and oxygen atoms in total. The van der Waals surface area contributed by atoms with Crippen LogP contribution in [0.4, 0.5) is 0 Å². The van der Waals surface area contributed by atoms with Gasteiger partial charge in [-0.3, -0.25) is 9.59 Å². The summed E-state index contributed by atoms with van der Waals surface area (Å²) in [6.07, 6.45) is 2.27. The molecule has 1 heterocycles. The van der Waals surface area contributed by atoms with E-state index < -0.39 is 5.97 Å². The average Bonchev–Trinajstić information content (AvgIpc) is 3.34. The standard InChI is InChI=1S/C18H18Cl2N2O3S/c1-10(11-5-6-11)21-15(23)8-25-16(24)7-12-9-26-18(22-12)17-13(19)3-2-4-14(17)20/h2-4,9-11H,5-8H2,1H3,(H,21,23). The van der Waals surface area contributed by atoms with Crippen molar-refractivity contribution >= 4 is 46.4 Å². The molecule has 1 fully saturated rings. The van der Waals surface area contributed by atoms with E-state index in [0.29, 0.717) is 32.2 Å². The van der Waals surface area contributed by atoms with Gasteiger partial charge in [0.25, 0.3) is 5.91 Å². The second-order valence-corrected chi connectivity index (χ2v) is 7.94. The molecule has 1 N–H and O–H groups in total. The minimum Gasteiger partial charge on any atom is -0.455 e. The molecule has 1 aromatic heterocycles. The van der Waals surface area contributed by atoms with E-state index in [1.54, 1.807) is 23.6 Å². The van der Waals surface area contributed by atoms with Gasteiger partial charge >= 0.3 is 5.97 Å². The first kappa shape index (κ1) is 19.1. The number of nitrogens with zero attached hydrogens (tertiary/aromatic N) is 1. The van der Waals surface area contributed by atoms with E-state index in [4.69, 9.17) is 27.9 Å². The van der Waals surface area contributed by atoms with Crippen molar-refractivity contribution < 1.29 is 14.3 Å². The fourth-order valence-electron chi connectivity index (χ4n) is 2.56. The van der Waals surface area contributed by atoms with Gasteiger partial charge in [-0.05, 0) is 37.8 Å². The number of benzene rings is 1. The first-order valence-corrected chi connectivity index (χ1v) is 9.91. The number of ether oxygens (including phenoxy) is 1. The van der Waals surface area contributed by atoms with Gasteiger partial charge < -0.3 is 10.1 Å². The summed E-state index contributed by atoms with van der Waals surface area (Å²) in [6.45, 7) is 1.69. The van der Waals surface area contributed by atoms with Crippen molar-refractivity contribution in [2.75, 3.05) is 6.61 Å². The minimum atomic E-state index is -0.499. The largest absolute Gasteiger partial charge is 0.455 e. The monoisotopic (exact) mass is 412 g/mol. The van der Waals surface area contributed by atoms with Crippen LogP contribution < -0.4 is 5.32 Å². The molecule has 0 bridgehead atoms. The highest BCUT2D eigenvalue weighted by atomic mass is 35.5. The van der Waals surface area contributed by atoms with E-state index >= 15 is 0 Å². The zero-order valence-corrected chi connectivity index (χ0v) is 16.5. The fourth-order valence-corrected chi connectivity index (χ4v) is 4.14. The number of amides is 1. The zero-order valence-electron chi connectivity index (χ0n) is 14.1. The first-order valence-electron chi connectivity index (χ1n) is 8.28. The van der Waals surface area contributed by atoms with Gasteiger partial charge in [-0.15, -0.1) is 11.3 Å². The highest BCUT2D eigenvalue weighted by Crippen LogP contribution is 2.36. The van der Waals surface area contributed by atoms with Gasteiger partial charge in [0.2, 0.25) is 0 Å². The van der Waals surface area contributed by atoms with Crippen LogP contribution in [0, 0.1) is 5.92 Å². The van der Waals surface area contributed by atoms with Gasteiger partial charge in [0.05, 0.1) is 22.2 Å². The molecule has 2 aromatic rings. The first-order chi connectivity index (χ1) is 12.4. The van der Waals surface area contributed by atoms with Crippen molar-refractivity contribution in [3.63, 3.8) is 0 Å². The van der Waals surface area contributed by atoms with Crippen LogP contribution in [-0.4, -0.2) is 29.5 Å². The molecule has 1 unspecified atom stereocenters. The minimum absolute atomic E-state index is 0.00989. The molecule has 138 valence electrons. The van der Waals surface area contributed by atoms with Crippen molar-refractivity contribution in [2.45, 2.75) is 32.2 Å². The summed E-state index contributed by atoms with van der Waals surface area (Å²) in [5.41, 5.74) is 1.20. The maximum absolute atomic E-state index is 11.9. The molecule has 1 aliphatic carbocycles. The molecule has 1 saturated carbocycles. The third-order valence-electron chi connectivity index (χ3n) is 4.14. The van der Waals surface area contributed by atoms with Crippen molar-refractivity contribution in [1.82, 2.24) is 10.3 Å². The predicted octanol–water partition coefficient (Wildman–Crippen LogP) is 4.12. The molecule has 1 aliphatic rings. The third-order valence-corrected chi connectivity index (χ3v) is 5.67. The molecule has 1 atom stereocenters. The molecule has 26 heavy (non-hydrogen) atoms. The number of hydrogen-bond acceptors (Lipinski definition) is 5. The van der Waals surface area contributed by atoms with Gasteiger partial charge in [-0.25, -0.2) is 4.98 Å². The summed E-state index contributed by atoms with van der Waals surface area (Å²) in [4.78, 5) is 28.1. The van der Waals surface area contributed by atoms with Gasteiger partial charge in [0, 0.05) is 17.0 Å². The van der Waals surface area contributed by atoms with Crippen molar-refractivity contribution in [1.29, 1.82) is 0 Å². The summed E-state index contributed by atoms with van der Waals surface area (Å²) in [5, 5.41) is 6.24. The Morgan fingerprint density at radius 2 is 2.04 bits per heavy atom. The summed E-state index contributed by atoms with van der Waals surface area (Å²) >= 11 is 13.7. The number of hydrogen-bond donors (Lipinski definition) is 1. The number of esters is 1. The van der Waals surface area contributed by atoms with Crippen LogP contribution in [0.15, 0.2) is 23.6 Å². The number of carbonyl (C=O) groups is 2. The number of rotatable bonds is 7. The average molecular weight is 413 g/mol. The summed E-state index contributed by atoms with van der Waals surface area (Å²) in [6, 6.07) is 5.36. The van der Waals surface area contributed by atoms with Crippen LogP contribution in [0.5, 0.6) is 0 Å². The Kier molecular flexibility index (Phi) is 6.16. The van der Waals surface area contributed by atoms with Gasteiger partial charge in [-0.1, -0.05) is 29.3 Å². The Morgan fingerprint density at radius 3 is 2.69 bits per heavy atom. The van der Waals surface area contributed by atoms with Gasteiger partial charge in [0.15, 0.2) is 6.61 Å². The lowest BCUT2D eigenvalue weighted by Gasteiger charge is -2.12. The van der Waals surface area contributed by atoms with E-state index in [0.717, 1.165) is 12.8 Å². The normalized spacial score (nSPS) is 14.7. The molecule has 1 aromatic carbocycles. The smallest absolute Gasteiger partial charge is 0.312 e. The molecular weight excluding hydrogens is 395 g/mol. The van der Waals surface area contributed by atoms with Crippen molar-refractivity contribution in [3.8, 4) is 10.6 Å². The number of aromatic nitrogens is 1. The van der Waals surface area contributed by atoms with E-state index in [-0.39, 0.29) is 25.0 Å². The van der Waals surface area contributed by atoms with Crippen LogP contribution in [-0.2, 0) is 20.7 Å². The lowest BCUT2D eigenvalue weighted by Crippen LogP contribution is -2.37. The van der Waals surface area contributed by atoms with Crippen molar-refractivity contribution in [3.05, 3.63) is 39.3 Å². The number of carbonyl (C=O) groups excluding carboxylic acids is 2. The highest BCUT2D eigenvalue weighted by molar-refractivity contribution is 7.13. The Hall–Kier alpha value is -1.63. The Labute approximate surface area is 165 Å². The third kappa shape index (κ3) is 4.96. The maximum atomic E-state index is 11.9. The van der Waals surface area contributed by atoms with Crippen LogP contribution in [0.25, 0.3) is 10.6 Å². The molecular formula is C18H18Cl2N2O3S. The number of halogens is 2. The molecule has 0 aliphatic heterocycles. The second-order valence-electron chi connectivity index (χ2n) is 6.27. The SMILES string of the molecule is CC(NC(=O)COC(=O)Cc1csc(-c2c(Cl)cccc2Cl)n1)C1CC1. The second kappa shape index (κ2) is 8.37. The zero-order chi connectivity index (χ0) is 18.7. The quantitative estimate of drug-likeness (QED) is 0.694. The van der Waals surface area contributed by atoms with Crippen LogP contribution in [0.2, 0.25) is 10.0 Å². The summed E-state index contributed by atoms with van der Waals surface area (Å²) in [7, 11) is 0. The fraction of sp³-hybridized carbons (Fsp3) is 0.389. The lowest BCUT2D eigenvalue weighted by molar-refractivity contribution is -0.148. The lowest BCUT2D eigenvalue weighted by atomic mass is 10.2. The van der Waals surface area contributed by atoms with Gasteiger partial charge in [-0.2, -0.15) is 0 Å². The molecule has 0 radical (unpaired) electrons. The molecule has 0 saturated heterocycles. The Morgan fingerprint density at radius 1 is 1.35 bits per heavy atom. The maximum Gasteiger partial charge on any atom is 0.312 e. The summed E-state index contributed by atoms with van der Waals surface area (Å²) in [5.74, 6) is -0.222. The van der Waals surface area contributed by atoms with E-state index in [1.165, 1.54) is 11.3 Å². The number of thiazole rings is 1. The summed E-state index contributed by atoms with van der Waals surface area (Å²) < 4.78 is 5.03. The Bertz CT molecular complexity index is 800. The number of nitrogens with one attached hydrogen (secondary N) is 1. The molecule has 3 rings (SSSR count). The van der Waals surface area contributed by atoms with Crippen LogP contribution in [0.3, 0.4) is 0 Å². The molecule has 1 amide bonds. The molecule has 0 spiro atoms. The topological polar surface area (TPSA) is 68.3 Å². The molecule has 8 heteroatoms. The van der Waals surface area contributed by atoms with Gasteiger partial charge in [0.1, 0.15) is 5.01 Å². The van der Waals surface area contributed by atoms with Crippen LogP contribution >= 0.6 is 34.5 Å². The van der Waals surface area contributed by atoms with Crippen LogP contribution in [0.1, 0.15) is 25.5 Å². The van der Waals surface area contributed by atoms with E-state index in [2.05, 4.69) is 10.3 Å². The Balaban J connectivity index is 1.52.